The van der Waals surface area contributed by atoms with Crippen LogP contribution in [-0.2, 0) is 20.9 Å². The van der Waals surface area contributed by atoms with Crippen LogP contribution >= 0.6 is 11.6 Å². The molecule has 0 spiro atoms. The van der Waals surface area contributed by atoms with Gasteiger partial charge in [0.15, 0.2) is 0 Å². The van der Waals surface area contributed by atoms with Gasteiger partial charge in [-0.3, -0.25) is 29.4 Å². The summed E-state index contributed by atoms with van der Waals surface area (Å²) in [5.41, 5.74) is 3.92. The number of fused-ring (bicyclic) bond motifs is 2. The van der Waals surface area contributed by atoms with Crippen molar-refractivity contribution in [2.24, 2.45) is 0 Å². The van der Waals surface area contributed by atoms with Crippen molar-refractivity contribution >= 4 is 69.0 Å². The number of aromatic nitrogens is 2. The van der Waals surface area contributed by atoms with Crippen molar-refractivity contribution in [3.63, 3.8) is 0 Å². The lowest BCUT2D eigenvalue weighted by atomic mass is 10.0. The van der Waals surface area contributed by atoms with Gasteiger partial charge in [-0.15, -0.1) is 0 Å². The van der Waals surface area contributed by atoms with Crippen LogP contribution in [0.3, 0.4) is 0 Å². The lowest BCUT2D eigenvalue weighted by Gasteiger charge is -2.34. The smallest absolute Gasteiger partial charge is 0.255 e. The largest absolute Gasteiger partial charge is 0.491 e. The molecule has 0 aliphatic carbocycles. The van der Waals surface area contributed by atoms with Gasteiger partial charge in [-0.25, -0.2) is 14.4 Å². The maximum absolute atomic E-state index is 13.7. The number of nitrogens with one attached hydrogen (secondary N) is 4. The Balaban J connectivity index is 0.880. The lowest BCUT2D eigenvalue weighted by molar-refractivity contribution is -0.137. The molecular weight excluding hydrogens is 729 g/mol. The van der Waals surface area contributed by atoms with Crippen LogP contribution in [0.15, 0.2) is 67.5 Å². The molecular formula is C39H41ClFN9O5. The minimum Gasteiger partial charge on any atom is -0.491 e. The summed E-state index contributed by atoms with van der Waals surface area (Å²) in [5, 5.41) is 12.4. The van der Waals surface area contributed by atoms with E-state index in [1.54, 1.807) is 29.2 Å². The van der Waals surface area contributed by atoms with E-state index in [0.717, 1.165) is 56.9 Å². The molecule has 0 radical (unpaired) electrons. The first-order valence-electron chi connectivity index (χ1n) is 18.2. The maximum atomic E-state index is 13.7. The number of imide groups is 1. The monoisotopic (exact) mass is 769 g/mol. The average Bonchev–Trinajstić information content (AvgIpc) is 3.52. The van der Waals surface area contributed by atoms with Crippen LogP contribution in [0.25, 0.3) is 10.9 Å². The number of nitrogens with zero attached hydrogens (tertiary/aromatic N) is 5. The minimum atomic E-state index is -0.641. The number of carbonyl (C=O) groups is 4. The molecule has 14 nitrogen and oxygen atoms in total. The standard InChI is InChI=1S/C39H41ClFN9O5/c1-2-35(51)46-32-20-26-31(43-23-44-37(26)45-24-7-8-29(41)28(40)19-24)21-34(32)55-18-4-12-48-14-16-49(17-15-48)13-11-42-30-6-3-5-25-27(30)22-50(39(25)54)33-9-10-36(52)47-38(33)53/h2-3,5-8,19-21,23,33,42H,1,4,9-18,22H2,(H,46,51)(H,43,44,45)(H,47,52,53). The SMILES string of the molecule is C=CC(=O)Nc1cc2c(Nc3ccc(F)c(Cl)c3)ncnc2cc1OCCCN1CCN(CCNc2cccc3c2CN(C2CCC(=O)NC2=O)C3=O)CC1. The summed E-state index contributed by atoms with van der Waals surface area (Å²) < 4.78 is 19.9. The second-order valence-electron chi connectivity index (χ2n) is 13.6. The molecule has 3 aromatic carbocycles. The maximum Gasteiger partial charge on any atom is 0.255 e. The second kappa shape index (κ2) is 16.8. The van der Waals surface area contributed by atoms with Crippen LogP contribution in [0.2, 0.25) is 5.02 Å². The highest BCUT2D eigenvalue weighted by molar-refractivity contribution is 6.31. The number of hydrogen-bond acceptors (Lipinski definition) is 11. The van der Waals surface area contributed by atoms with Crippen LogP contribution < -0.4 is 26.0 Å². The third kappa shape index (κ3) is 8.69. The highest BCUT2D eigenvalue weighted by Gasteiger charge is 2.39. The van der Waals surface area contributed by atoms with Gasteiger partial charge in [0.25, 0.3) is 5.91 Å². The lowest BCUT2D eigenvalue weighted by Crippen LogP contribution is -2.52. The number of carbonyl (C=O) groups excluding carboxylic acids is 4. The third-order valence-corrected chi connectivity index (χ3v) is 10.3. The Morgan fingerprint density at radius 3 is 2.60 bits per heavy atom. The fourth-order valence-corrected chi connectivity index (χ4v) is 7.28. The number of halogens is 2. The summed E-state index contributed by atoms with van der Waals surface area (Å²) in [4.78, 5) is 64.7. The highest BCUT2D eigenvalue weighted by Crippen LogP contribution is 2.35. The molecule has 2 saturated heterocycles. The summed E-state index contributed by atoms with van der Waals surface area (Å²) >= 11 is 5.96. The number of piperazine rings is 1. The molecule has 0 bridgehead atoms. The Morgan fingerprint density at radius 2 is 1.84 bits per heavy atom. The molecule has 3 aliphatic rings. The van der Waals surface area contributed by atoms with Gasteiger partial charge >= 0.3 is 0 Å². The van der Waals surface area contributed by atoms with Crippen LogP contribution in [0.4, 0.5) is 27.3 Å². The summed E-state index contributed by atoms with van der Waals surface area (Å²) in [5.74, 6) is -0.912. The molecule has 16 heteroatoms. The molecule has 1 aromatic heterocycles. The zero-order chi connectivity index (χ0) is 38.5. The van der Waals surface area contributed by atoms with Gasteiger partial charge in [0.1, 0.15) is 29.8 Å². The normalized spacial score (nSPS) is 17.5. The van der Waals surface area contributed by atoms with Gasteiger partial charge in [0.2, 0.25) is 17.7 Å². The number of piperidine rings is 1. The van der Waals surface area contributed by atoms with Crippen LogP contribution in [0.1, 0.15) is 35.2 Å². The predicted octanol–water partition coefficient (Wildman–Crippen LogP) is 4.55. The number of hydrogen-bond donors (Lipinski definition) is 4. The van der Waals surface area contributed by atoms with Crippen molar-refractivity contribution in [1.82, 2.24) is 30.0 Å². The summed E-state index contributed by atoms with van der Waals surface area (Å²) in [6, 6.07) is 12.7. The molecule has 286 valence electrons. The van der Waals surface area contributed by atoms with Crippen LogP contribution in [-0.4, -0.2) is 107 Å². The van der Waals surface area contributed by atoms with E-state index in [1.807, 2.05) is 12.1 Å². The average molecular weight is 770 g/mol. The Morgan fingerprint density at radius 1 is 1.04 bits per heavy atom. The molecule has 4 heterocycles. The first-order chi connectivity index (χ1) is 26.7. The molecule has 55 heavy (non-hydrogen) atoms. The van der Waals surface area contributed by atoms with Crippen LogP contribution in [0.5, 0.6) is 5.75 Å². The Hall–Kier alpha value is -5.64. The predicted molar refractivity (Wildman–Crippen MR) is 207 cm³/mol. The number of amides is 4. The zero-order valence-corrected chi connectivity index (χ0v) is 30.8. The van der Waals surface area contributed by atoms with Crippen molar-refractivity contribution < 1.29 is 28.3 Å². The van der Waals surface area contributed by atoms with E-state index in [1.165, 1.54) is 24.5 Å². The molecule has 3 aliphatic heterocycles. The van der Waals surface area contributed by atoms with E-state index in [9.17, 15) is 23.6 Å². The summed E-state index contributed by atoms with van der Waals surface area (Å²) in [6.07, 6.45) is 3.91. The van der Waals surface area contributed by atoms with E-state index in [0.29, 0.717) is 65.5 Å². The van der Waals surface area contributed by atoms with Crippen LogP contribution in [0, 0.1) is 5.82 Å². The highest BCUT2D eigenvalue weighted by atomic mass is 35.5. The molecule has 2 fully saturated rings. The van der Waals surface area contributed by atoms with E-state index < -0.39 is 23.7 Å². The molecule has 7 rings (SSSR count). The van der Waals surface area contributed by atoms with Gasteiger partial charge in [-0.1, -0.05) is 24.2 Å². The van der Waals surface area contributed by atoms with Gasteiger partial charge in [0.05, 0.1) is 22.8 Å². The summed E-state index contributed by atoms with van der Waals surface area (Å²) in [6.45, 7) is 10.4. The number of ether oxygens (including phenoxy) is 1. The molecule has 1 atom stereocenters. The minimum absolute atomic E-state index is 0.0250. The Kier molecular flexibility index (Phi) is 11.5. The third-order valence-electron chi connectivity index (χ3n) is 10.0. The molecule has 4 N–H and O–H groups in total. The number of rotatable bonds is 14. The van der Waals surface area contributed by atoms with Crippen molar-refractivity contribution in [3.05, 3.63) is 89.5 Å². The molecule has 1 unspecified atom stereocenters. The van der Waals surface area contributed by atoms with E-state index in [4.69, 9.17) is 16.3 Å². The van der Waals surface area contributed by atoms with E-state index in [2.05, 4.69) is 47.6 Å². The van der Waals surface area contributed by atoms with Crippen molar-refractivity contribution in [2.75, 3.05) is 68.4 Å². The fraction of sp³-hybridized carbons (Fsp3) is 0.333. The second-order valence-corrected chi connectivity index (χ2v) is 14.0. The quantitative estimate of drug-likeness (QED) is 0.0810. The van der Waals surface area contributed by atoms with E-state index in [-0.39, 0.29) is 23.3 Å². The molecule has 4 aromatic rings. The molecule has 0 saturated carbocycles. The van der Waals surface area contributed by atoms with Crippen molar-refractivity contribution in [2.45, 2.75) is 31.8 Å². The number of benzene rings is 3. The van der Waals surface area contributed by atoms with E-state index >= 15 is 0 Å². The van der Waals surface area contributed by atoms with Gasteiger partial charge < -0.3 is 30.5 Å². The van der Waals surface area contributed by atoms with Gasteiger partial charge in [0, 0.05) is 92.7 Å². The molecule has 4 amide bonds. The van der Waals surface area contributed by atoms with Gasteiger partial charge in [-0.05, 0) is 55.3 Å². The zero-order valence-electron chi connectivity index (χ0n) is 30.1. The van der Waals surface area contributed by atoms with Crippen molar-refractivity contribution in [3.8, 4) is 5.75 Å². The topological polar surface area (TPSA) is 161 Å². The fourth-order valence-electron chi connectivity index (χ4n) is 7.10. The summed E-state index contributed by atoms with van der Waals surface area (Å²) in [7, 11) is 0. The first-order valence-corrected chi connectivity index (χ1v) is 18.6. The van der Waals surface area contributed by atoms with Gasteiger partial charge in [-0.2, -0.15) is 0 Å². The Bertz CT molecular complexity index is 2140. The first kappa shape index (κ1) is 37.7. The van der Waals surface area contributed by atoms with Crippen molar-refractivity contribution in [1.29, 1.82) is 0 Å². The Labute approximate surface area is 322 Å². The number of anilines is 4.